The first-order valence-corrected chi connectivity index (χ1v) is 10.1. The first-order chi connectivity index (χ1) is 9.76. The fourth-order valence-corrected chi connectivity index (χ4v) is 5.56. The average Bonchev–Trinajstić information content (AvgIpc) is 2.60. The summed E-state index contributed by atoms with van der Waals surface area (Å²) in [6.07, 6.45) is 0.287. The first-order valence-electron chi connectivity index (χ1n) is 6.45. The van der Waals surface area contributed by atoms with Crippen molar-refractivity contribution in [1.82, 2.24) is 4.31 Å². The van der Waals surface area contributed by atoms with Crippen LogP contribution in [0.25, 0.3) is 0 Å². The molecule has 0 aromatic heterocycles. The van der Waals surface area contributed by atoms with Crippen LogP contribution in [0, 0.1) is 0 Å². The zero-order chi connectivity index (χ0) is 15.7. The normalized spacial score (nSPS) is 20.1. The van der Waals surface area contributed by atoms with Crippen molar-refractivity contribution in [3.63, 3.8) is 0 Å². The molecule has 1 aliphatic heterocycles. The van der Waals surface area contributed by atoms with Gasteiger partial charge >= 0.3 is 0 Å². The summed E-state index contributed by atoms with van der Waals surface area (Å²) in [6.45, 7) is 0.326. The Labute approximate surface area is 129 Å². The van der Waals surface area contributed by atoms with Crippen molar-refractivity contribution in [3.05, 3.63) is 28.8 Å². The summed E-state index contributed by atoms with van der Waals surface area (Å²) in [6, 6.07) is 4.59. The van der Waals surface area contributed by atoms with E-state index in [2.05, 4.69) is 0 Å². The van der Waals surface area contributed by atoms with Crippen molar-refractivity contribution in [2.75, 3.05) is 24.6 Å². The number of halogens is 1. The molecule has 1 heterocycles. The molecule has 0 spiro atoms. The number of hydrogen-bond donors (Lipinski definition) is 1. The molecule has 0 amide bonds. The summed E-state index contributed by atoms with van der Waals surface area (Å²) in [5.74, 6) is -0.157. The smallest absolute Gasteiger partial charge is 0.244 e. The maximum atomic E-state index is 12.6. The third-order valence-corrected chi connectivity index (χ3v) is 7.46. The number of sulfone groups is 1. The summed E-state index contributed by atoms with van der Waals surface area (Å²) < 4.78 is 49.6. The Bertz CT molecular complexity index is 732. The van der Waals surface area contributed by atoms with Crippen LogP contribution in [0.1, 0.15) is 12.0 Å². The van der Waals surface area contributed by atoms with Gasteiger partial charge in [-0.1, -0.05) is 17.7 Å². The minimum Gasteiger partial charge on any atom is -0.326 e. The van der Waals surface area contributed by atoms with Gasteiger partial charge < -0.3 is 5.73 Å². The fourth-order valence-electron chi connectivity index (χ4n) is 2.17. The van der Waals surface area contributed by atoms with Crippen LogP contribution in [0.4, 0.5) is 0 Å². The van der Waals surface area contributed by atoms with Gasteiger partial charge in [0.25, 0.3) is 0 Å². The number of nitrogens with two attached hydrogens (primary N) is 1. The predicted molar refractivity (Wildman–Crippen MR) is 81.4 cm³/mol. The number of nitrogens with zero attached hydrogens (tertiary/aromatic N) is 1. The third-order valence-electron chi connectivity index (χ3n) is 3.36. The Balaban J connectivity index is 2.38. The first kappa shape index (κ1) is 16.7. The molecule has 2 N–H and O–H groups in total. The second kappa shape index (κ2) is 6.21. The highest BCUT2D eigenvalue weighted by atomic mass is 35.5. The SMILES string of the molecule is NCc1ccc(Cl)c(S(=O)(=O)N2CCCS(=O)(=O)CC2)c1. The van der Waals surface area contributed by atoms with E-state index in [4.69, 9.17) is 17.3 Å². The van der Waals surface area contributed by atoms with Crippen LogP contribution < -0.4 is 5.73 Å². The van der Waals surface area contributed by atoms with Gasteiger partial charge in [0.15, 0.2) is 9.84 Å². The number of rotatable bonds is 3. The van der Waals surface area contributed by atoms with E-state index in [1.807, 2.05) is 0 Å². The topological polar surface area (TPSA) is 97.5 Å². The van der Waals surface area contributed by atoms with Gasteiger partial charge in [0.2, 0.25) is 10.0 Å². The molecule has 0 bridgehead atoms. The van der Waals surface area contributed by atoms with Crippen molar-refractivity contribution in [1.29, 1.82) is 0 Å². The molecule has 9 heteroatoms. The molecule has 1 aromatic rings. The molecule has 1 aliphatic rings. The molecular formula is C12H17ClN2O4S2. The van der Waals surface area contributed by atoms with Crippen LogP contribution in [-0.2, 0) is 26.4 Å². The van der Waals surface area contributed by atoms with Crippen LogP contribution in [0.3, 0.4) is 0 Å². The number of sulfonamides is 1. The molecule has 1 aromatic carbocycles. The Morgan fingerprint density at radius 3 is 2.62 bits per heavy atom. The summed E-state index contributed by atoms with van der Waals surface area (Å²) >= 11 is 5.99. The molecule has 0 radical (unpaired) electrons. The van der Waals surface area contributed by atoms with Crippen molar-refractivity contribution >= 4 is 31.5 Å². The molecule has 0 unspecified atom stereocenters. The summed E-state index contributed by atoms with van der Waals surface area (Å²) in [7, 11) is -6.99. The number of benzene rings is 1. The highest BCUT2D eigenvalue weighted by Gasteiger charge is 2.30. The summed E-state index contributed by atoms with van der Waals surface area (Å²) in [4.78, 5) is -0.0218. The van der Waals surface area contributed by atoms with Gasteiger partial charge in [-0.15, -0.1) is 0 Å². The van der Waals surface area contributed by atoms with E-state index < -0.39 is 19.9 Å². The molecule has 118 valence electrons. The highest BCUT2D eigenvalue weighted by Crippen LogP contribution is 2.26. The van der Waals surface area contributed by atoms with Crippen molar-refractivity contribution in [2.24, 2.45) is 5.73 Å². The molecule has 2 rings (SSSR count). The van der Waals surface area contributed by atoms with Crippen LogP contribution in [0.15, 0.2) is 23.1 Å². The maximum absolute atomic E-state index is 12.6. The largest absolute Gasteiger partial charge is 0.326 e. The Morgan fingerprint density at radius 2 is 1.95 bits per heavy atom. The summed E-state index contributed by atoms with van der Waals surface area (Å²) in [5, 5.41) is 0.110. The Morgan fingerprint density at radius 1 is 1.24 bits per heavy atom. The Hall–Kier alpha value is -0.670. The standard InChI is InChI=1S/C12H17ClN2O4S2/c13-11-3-2-10(9-14)8-12(11)21(18,19)15-4-1-6-20(16,17)7-5-15/h2-3,8H,1,4-7,9,14H2. The van der Waals surface area contributed by atoms with E-state index in [1.54, 1.807) is 6.07 Å². The van der Waals surface area contributed by atoms with E-state index in [1.165, 1.54) is 16.4 Å². The fraction of sp³-hybridized carbons (Fsp3) is 0.500. The van der Waals surface area contributed by atoms with Gasteiger partial charge in [0.1, 0.15) is 4.90 Å². The zero-order valence-electron chi connectivity index (χ0n) is 11.3. The molecule has 21 heavy (non-hydrogen) atoms. The van der Waals surface area contributed by atoms with Crippen LogP contribution in [0.5, 0.6) is 0 Å². The van der Waals surface area contributed by atoms with Crippen LogP contribution in [-0.4, -0.2) is 45.7 Å². The van der Waals surface area contributed by atoms with Gasteiger partial charge in [0.05, 0.1) is 16.5 Å². The van der Waals surface area contributed by atoms with Gasteiger partial charge in [-0.25, -0.2) is 16.8 Å². The highest BCUT2D eigenvalue weighted by molar-refractivity contribution is 7.91. The monoisotopic (exact) mass is 352 g/mol. The molecule has 0 aliphatic carbocycles. The van der Waals surface area contributed by atoms with E-state index in [0.29, 0.717) is 5.56 Å². The second-order valence-electron chi connectivity index (χ2n) is 4.88. The predicted octanol–water partition coefficient (Wildman–Crippen LogP) is 0.608. The maximum Gasteiger partial charge on any atom is 0.244 e. The Kier molecular flexibility index (Phi) is 4.94. The number of hydrogen-bond acceptors (Lipinski definition) is 5. The minimum atomic E-state index is -3.82. The average molecular weight is 353 g/mol. The lowest BCUT2D eigenvalue weighted by atomic mass is 10.2. The van der Waals surface area contributed by atoms with Gasteiger partial charge in [-0.2, -0.15) is 4.31 Å². The third kappa shape index (κ3) is 3.75. The molecule has 1 fully saturated rings. The van der Waals surface area contributed by atoms with E-state index in [0.717, 1.165) is 0 Å². The van der Waals surface area contributed by atoms with Crippen LogP contribution in [0.2, 0.25) is 5.02 Å². The van der Waals surface area contributed by atoms with Gasteiger partial charge in [-0.3, -0.25) is 0 Å². The lowest BCUT2D eigenvalue weighted by molar-refractivity contribution is 0.434. The lowest BCUT2D eigenvalue weighted by Gasteiger charge is -2.20. The quantitative estimate of drug-likeness (QED) is 0.859. The zero-order valence-corrected chi connectivity index (χ0v) is 13.7. The lowest BCUT2D eigenvalue weighted by Crippen LogP contribution is -2.34. The minimum absolute atomic E-state index is 0.00952. The summed E-state index contributed by atoms with van der Waals surface area (Å²) in [5.41, 5.74) is 6.17. The molecular weight excluding hydrogens is 336 g/mol. The van der Waals surface area contributed by atoms with Gasteiger partial charge in [0, 0.05) is 19.6 Å². The van der Waals surface area contributed by atoms with E-state index in [9.17, 15) is 16.8 Å². The van der Waals surface area contributed by atoms with E-state index >= 15 is 0 Å². The molecule has 1 saturated heterocycles. The van der Waals surface area contributed by atoms with E-state index in [-0.39, 0.29) is 47.5 Å². The molecule has 0 atom stereocenters. The second-order valence-corrected chi connectivity index (χ2v) is 9.50. The van der Waals surface area contributed by atoms with Crippen molar-refractivity contribution in [3.8, 4) is 0 Å². The van der Waals surface area contributed by atoms with Crippen LogP contribution >= 0.6 is 11.6 Å². The van der Waals surface area contributed by atoms with Gasteiger partial charge in [-0.05, 0) is 24.1 Å². The van der Waals surface area contributed by atoms with Crippen molar-refractivity contribution < 1.29 is 16.8 Å². The molecule has 6 nitrogen and oxygen atoms in total. The molecule has 0 saturated carbocycles. The van der Waals surface area contributed by atoms with Crippen molar-refractivity contribution in [2.45, 2.75) is 17.9 Å².